The Hall–Kier alpha value is -1.91. The molecule has 0 radical (unpaired) electrons. The fourth-order valence-electron chi connectivity index (χ4n) is 2.40. The largest absolute Gasteiger partial charge is 0.306 e. The number of hydrogen-bond donors (Lipinski definition) is 1. The maximum atomic E-state index is 4.07. The van der Waals surface area contributed by atoms with E-state index < -0.39 is 0 Å². The van der Waals surface area contributed by atoms with E-state index in [0.717, 1.165) is 16.7 Å². The Morgan fingerprint density at radius 1 is 1.14 bits per heavy atom. The van der Waals surface area contributed by atoms with Crippen LogP contribution in [0.25, 0.3) is 5.69 Å². The number of nitrogens with one attached hydrogen (secondary N) is 1. The van der Waals surface area contributed by atoms with E-state index in [1.165, 1.54) is 11.1 Å². The molecule has 0 saturated heterocycles. The molecule has 0 spiro atoms. The van der Waals surface area contributed by atoms with Crippen molar-refractivity contribution in [2.45, 2.75) is 19.5 Å². The van der Waals surface area contributed by atoms with Crippen LogP contribution in [0.4, 0.5) is 0 Å². The average Bonchev–Trinajstić information content (AvgIpc) is 3.08. The quantitative estimate of drug-likeness (QED) is 0.730. The summed E-state index contributed by atoms with van der Waals surface area (Å²) in [5.41, 5.74) is 3.67. The summed E-state index contributed by atoms with van der Waals surface area (Å²) in [6, 6.07) is 17.1. The van der Waals surface area contributed by atoms with Crippen molar-refractivity contribution in [1.82, 2.24) is 14.9 Å². The van der Waals surface area contributed by atoms with Crippen LogP contribution in [0.3, 0.4) is 0 Å². The molecule has 1 N–H and O–H groups in total. The first-order chi connectivity index (χ1) is 10.7. The summed E-state index contributed by atoms with van der Waals surface area (Å²) in [6.07, 6.45) is 5.54. The molecule has 0 saturated carbocycles. The van der Waals surface area contributed by atoms with Crippen LogP contribution in [0.2, 0.25) is 0 Å². The highest BCUT2D eigenvalue weighted by atomic mass is 79.9. The molecule has 112 valence electrons. The molecule has 4 heteroatoms. The number of benzene rings is 2. The molecule has 0 aliphatic rings. The summed E-state index contributed by atoms with van der Waals surface area (Å²) in [7, 11) is 0. The molecule has 3 nitrogen and oxygen atoms in total. The first kappa shape index (κ1) is 15.0. The lowest BCUT2D eigenvalue weighted by Crippen LogP contribution is -2.18. The Morgan fingerprint density at radius 2 is 1.91 bits per heavy atom. The fourth-order valence-corrected chi connectivity index (χ4v) is 3.03. The number of hydrogen-bond acceptors (Lipinski definition) is 2. The molecular weight excluding hydrogens is 338 g/mol. The van der Waals surface area contributed by atoms with E-state index >= 15 is 0 Å². The summed E-state index contributed by atoms with van der Waals surface area (Å²) >= 11 is 3.61. The molecule has 1 atom stereocenters. The minimum Gasteiger partial charge on any atom is -0.306 e. The van der Waals surface area contributed by atoms with Gasteiger partial charge in [0.15, 0.2) is 0 Å². The minimum atomic E-state index is 0.295. The predicted molar refractivity (Wildman–Crippen MR) is 93.0 cm³/mol. The number of nitrogens with zero attached hydrogens (tertiary/aromatic N) is 2. The molecule has 0 aliphatic carbocycles. The van der Waals surface area contributed by atoms with Gasteiger partial charge in [-0.05, 0) is 36.2 Å². The zero-order valence-electron chi connectivity index (χ0n) is 12.4. The third-order valence-corrected chi connectivity index (χ3v) is 4.45. The lowest BCUT2D eigenvalue weighted by Gasteiger charge is -2.16. The second-order valence-corrected chi connectivity index (χ2v) is 6.11. The Morgan fingerprint density at radius 3 is 2.59 bits per heavy atom. The van der Waals surface area contributed by atoms with Gasteiger partial charge >= 0.3 is 0 Å². The van der Waals surface area contributed by atoms with E-state index in [4.69, 9.17) is 0 Å². The molecule has 0 aliphatic heterocycles. The molecule has 2 aromatic carbocycles. The van der Waals surface area contributed by atoms with Crippen molar-refractivity contribution in [3.05, 3.63) is 82.9 Å². The highest BCUT2D eigenvalue weighted by molar-refractivity contribution is 9.10. The minimum absolute atomic E-state index is 0.295. The second kappa shape index (κ2) is 6.90. The number of imidazole rings is 1. The van der Waals surface area contributed by atoms with E-state index in [1.807, 2.05) is 23.2 Å². The van der Waals surface area contributed by atoms with Crippen molar-refractivity contribution < 1.29 is 0 Å². The van der Waals surface area contributed by atoms with E-state index in [9.17, 15) is 0 Å². The molecule has 22 heavy (non-hydrogen) atoms. The molecular formula is C18H18BrN3. The fraction of sp³-hybridized carbons (Fsp3) is 0.167. The van der Waals surface area contributed by atoms with E-state index in [1.54, 1.807) is 6.20 Å². The highest BCUT2D eigenvalue weighted by Crippen LogP contribution is 2.23. The maximum absolute atomic E-state index is 4.07. The lowest BCUT2D eigenvalue weighted by molar-refractivity contribution is 0.573. The van der Waals surface area contributed by atoms with Crippen LogP contribution in [0.15, 0.2) is 71.7 Å². The van der Waals surface area contributed by atoms with E-state index in [2.05, 4.69) is 75.6 Å². The van der Waals surface area contributed by atoms with Crippen molar-refractivity contribution in [2.24, 2.45) is 0 Å². The van der Waals surface area contributed by atoms with Crippen LogP contribution >= 0.6 is 15.9 Å². The maximum Gasteiger partial charge on any atom is 0.0991 e. The van der Waals surface area contributed by atoms with Crippen molar-refractivity contribution >= 4 is 15.9 Å². The molecule has 1 unspecified atom stereocenters. The summed E-state index contributed by atoms with van der Waals surface area (Å²) in [5.74, 6) is 0. The van der Waals surface area contributed by atoms with Gasteiger partial charge in [-0.25, -0.2) is 4.98 Å². The van der Waals surface area contributed by atoms with Crippen LogP contribution < -0.4 is 5.32 Å². The van der Waals surface area contributed by atoms with E-state index in [-0.39, 0.29) is 0 Å². The van der Waals surface area contributed by atoms with Gasteiger partial charge in [0.25, 0.3) is 0 Å². The first-order valence-corrected chi connectivity index (χ1v) is 8.08. The van der Waals surface area contributed by atoms with Crippen LogP contribution in [0, 0.1) is 0 Å². The third kappa shape index (κ3) is 3.46. The van der Waals surface area contributed by atoms with Gasteiger partial charge in [0.05, 0.1) is 6.33 Å². The summed E-state index contributed by atoms with van der Waals surface area (Å²) in [5, 5.41) is 3.56. The standard InChI is InChI=1S/C18H18BrN3/c1-14(17-4-2-3-5-18(17)19)21-12-15-6-8-16(9-7-15)22-11-10-20-13-22/h2-11,13-14,21H,12H2,1H3. The smallest absolute Gasteiger partial charge is 0.0991 e. The van der Waals surface area contributed by atoms with Gasteiger partial charge in [0.1, 0.15) is 0 Å². The molecule has 3 rings (SSSR count). The molecule has 0 amide bonds. The van der Waals surface area contributed by atoms with Crippen LogP contribution in [0.1, 0.15) is 24.1 Å². The number of rotatable bonds is 5. The molecule has 0 bridgehead atoms. The summed E-state index contributed by atoms with van der Waals surface area (Å²) in [4.78, 5) is 4.07. The third-order valence-electron chi connectivity index (χ3n) is 3.72. The van der Waals surface area contributed by atoms with Crippen LogP contribution in [0.5, 0.6) is 0 Å². The van der Waals surface area contributed by atoms with E-state index in [0.29, 0.717) is 6.04 Å². The van der Waals surface area contributed by atoms with Gasteiger partial charge in [-0.15, -0.1) is 0 Å². The normalized spacial score (nSPS) is 12.3. The van der Waals surface area contributed by atoms with Crippen molar-refractivity contribution in [3.8, 4) is 5.69 Å². The van der Waals surface area contributed by atoms with Crippen LogP contribution in [-0.4, -0.2) is 9.55 Å². The highest BCUT2D eigenvalue weighted by Gasteiger charge is 2.08. The Bertz CT molecular complexity index is 720. The first-order valence-electron chi connectivity index (χ1n) is 7.29. The molecule has 3 aromatic rings. The van der Waals surface area contributed by atoms with Gasteiger partial charge < -0.3 is 9.88 Å². The monoisotopic (exact) mass is 355 g/mol. The molecule has 0 fully saturated rings. The van der Waals surface area contributed by atoms with Crippen LogP contribution in [-0.2, 0) is 6.54 Å². The Labute approximate surface area is 139 Å². The van der Waals surface area contributed by atoms with Crippen molar-refractivity contribution in [3.63, 3.8) is 0 Å². The second-order valence-electron chi connectivity index (χ2n) is 5.26. The molecule has 1 aromatic heterocycles. The summed E-state index contributed by atoms with van der Waals surface area (Å²) in [6.45, 7) is 3.02. The van der Waals surface area contributed by atoms with Gasteiger partial charge in [0, 0.05) is 35.1 Å². The van der Waals surface area contributed by atoms with Gasteiger partial charge in [-0.3, -0.25) is 0 Å². The topological polar surface area (TPSA) is 29.9 Å². The zero-order chi connectivity index (χ0) is 15.4. The van der Waals surface area contributed by atoms with Gasteiger partial charge in [-0.1, -0.05) is 46.3 Å². The van der Waals surface area contributed by atoms with Crippen molar-refractivity contribution in [2.75, 3.05) is 0 Å². The Balaban J connectivity index is 1.63. The predicted octanol–water partition coefficient (Wildman–Crippen LogP) is 4.49. The van der Waals surface area contributed by atoms with Crippen molar-refractivity contribution in [1.29, 1.82) is 0 Å². The average molecular weight is 356 g/mol. The lowest BCUT2D eigenvalue weighted by atomic mass is 10.1. The molecule has 1 heterocycles. The SMILES string of the molecule is CC(NCc1ccc(-n2ccnc2)cc1)c1ccccc1Br. The summed E-state index contributed by atoms with van der Waals surface area (Å²) < 4.78 is 3.14. The number of halogens is 1. The Kier molecular flexibility index (Phi) is 4.71. The van der Waals surface area contributed by atoms with Gasteiger partial charge in [0.2, 0.25) is 0 Å². The van der Waals surface area contributed by atoms with Gasteiger partial charge in [-0.2, -0.15) is 0 Å². The number of aromatic nitrogens is 2. The zero-order valence-corrected chi connectivity index (χ0v) is 14.0.